The number of halogens is 3. The van der Waals surface area contributed by atoms with Gasteiger partial charge in [-0.3, -0.25) is 0 Å². The van der Waals surface area contributed by atoms with Gasteiger partial charge in [0.05, 0.1) is 6.10 Å². The van der Waals surface area contributed by atoms with Crippen LogP contribution in [0, 0.1) is 0 Å². The Balaban J connectivity index is 2.57. The molecule has 1 rings (SSSR count). The first-order chi connectivity index (χ1) is 5.89. The average molecular weight is 197 g/mol. The summed E-state index contributed by atoms with van der Waals surface area (Å²) in [5.41, 5.74) is 3.29. The van der Waals surface area contributed by atoms with E-state index in [-0.39, 0.29) is 18.9 Å². The Hall–Kier alpha value is -0.290. The largest absolute Gasteiger partial charge is 0.406 e. The molecule has 1 aliphatic rings. The second kappa shape index (κ2) is 3.46. The van der Waals surface area contributed by atoms with Crippen molar-refractivity contribution in [3.8, 4) is 0 Å². The summed E-state index contributed by atoms with van der Waals surface area (Å²) in [5.74, 6) is 0. The SMILES string of the molecule is COC1CCC(N)(C(F)(F)F)CC1. The van der Waals surface area contributed by atoms with Crippen molar-refractivity contribution in [3.05, 3.63) is 0 Å². The van der Waals surface area contributed by atoms with E-state index >= 15 is 0 Å². The molecule has 2 nitrogen and oxygen atoms in total. The van der Waals surface area contributed by atoms with E-state index in [1.165, 1.54) is 7.11 Å². The summed E-state index contributed by atoms with van der Waals surface area (Å²) in [5, 5.41) is 0. The van der Waals surface area contributed by atoms with Crippen molar-refractivity contribution in [2.24, 2.45) is 5.73 Å². The fourth-order valence-electron chi connectivity index (χ4n) is 1.63. The Morgan fingerprint density at radius 2 is 1.77 bits per heavy atom. The van der Waals surface area contributed by atoms with Gasteiger partial charge in [-0.2, -0.15) is 13.2 Å². The molecule has 0 saturated heterocycles. The standard InChI is InChI=1S/C8H14F3NO/c1-13-6-2-4-7(12,5-3-6)8(9,10)11/h6H,2-5,12H2,1H3. The number of nitrogens with two attached hydrogens (primary N) is 1. The van der Waals surface area contributed by atoms with Crippen LogP contribution in [0.3, 0.4) is 0 Å². The van der Waals surface area contributed by atoms with E-state index < -0.39 is 11.7 Å². The van der Waals surface area contributed by atoms with Gasteiger partial charge in [-0.15, -0.1) is 0 Å². The number of ether oxygens (including phenoxy) is 1. The van der Waals surface area contributed by atoms with Crippen LogP contribution in [0.1, 0.15) is 25.7 Å². The molecule has 0 atom stereocenters. The fraction of sp³-hybridized carbons (Fsp3) is 1.00. The molecule has 5 heteroatoms. The van der Waals surface area contributed by atoms with Crippen molar-refractivity contribution in [1.29, 1.82) is 0 Å². The van der Waals surface area contributed by atoms with Gasteiger partial charge in [0.1, 0.15) is 5.54 Å². The number of hydrogen-bond acceptors (Lipinski definition) is 2. The predicted octanol–water partition coefficient (Wildman–Crippen LogP) is 1.84. The van der Waals surface area contributed by atoms with Crippen LogP contribution in [0.5, 0.6) is 0 Å². The number of alkyl halides is 3. The zero-order valence-electron chi connectivity index (χ0n) is 7.53. The maximum absolute atomic E-state index is 12.4. The monoisotopic (exact) mass is 197 g/mol. The van der Waals surface area contributed by atoms with Crippen molar-refractivity contribution >= 4 is 0 Å². The van der Waals surface area contributed by atoms with Crippen LogP contribution in [0.2, 0.25) is 0 Å². The molecule has 0 heterocycles. The molecule has 1 aliphatic carbocycles. The average Bonchev–Trinajstić information content (AvgIpc) is 2.04. The molecular weight excluding hydrogens is 183 g/mol. The van der Waals surface area contributed by atoms with Gasteiger partial charge in [0.2, 0.25) is 0 Å². The summed E-state index contributed by atoms with van der Waals surface area (Å²) in [4.78, 5) is 0. The Labute approximate surface area is 75.2 Å². The summed E-state index contributed by atoms with van der Waals surface area (Å²) < 4.78 is 42.1. The van der Waals surface area contributed by atoms with Crippen LogP contribution < -0.4 is 5.73 Å². The van der Waals surface area contributed by atoms with Crippen LogP contribution in [-0.4, -0.2) is 24.9 Å². The van der Waals surface area contributed by atoms with Crippen LogP contribution in [0.4, 0.5) is 13.2 Å². The normalized spacial score (nSPS) is 36.2. The van der Waals surface area contributed by atoms with Gasteiger partial charge in [-0.25, -0.2) is 0 Å². The summed E-state index contributed by atoms with van der Waals surface area (Å²) in [6.45, 7) is 0. The number of rotatable bonds is 1. The van der Waals surface area contributed by atoms with E-state index in [9.17, 15) is 13.2 Å². The van der Waals surface area contributed by atoms with Gasteiger partial charge >= 0.3 is 6.18 Å². The minimum absolute atomic E-state index is 0.0327. The number of hydrogen-bond donors (Lipinski definition) is 1. The lowest BCUT2D eigenvalue weighted by molar-refractivity contribution is -0.198. The van der Waals surface area contributed by atoms with Gasteiger partial charge in [0.25, 0.3) is 0 Å². The molecule has 0 aliphatic heterocycles. The maximum atomic E-state index is 12.4. The van der Waals surface area contributed by atoms with Crippen LogP contribution >= 0.6 is 0 Å². The van der Waals surface area contributed by atoms with Gasteiger partial charge < -0.3 is 10.5 Å². The topological polar surface area (TPSA) is 35.2 Å². The Morgan fingerprint density at radius 3 is 2.08 bits per heavy atom. The zero-order chi connectivity index (χ0) is 10.1. The van der Waals surface area contributed by atoms with Crippen molar-refractivity contribution in [1.82, 2.24) is 0 Å². The van der Waals surface area contributed by atoms with E-state index in [4.69, 9.17) is 10.5 Å². The third kappa shape index (κ3) is 2.14. The van der Waals surface area contributed by atoms with Gasteiger partial charge in [0, 0.05) is 7.11 Å². The molecule has 0 bridgehead atoms. The van der Waals surface area contributed by atoms with Crippen LogP contribution in [0.25, 0.3) is 0 Å². The van der Waals surface area contributed by atoms with E-state index in [0.29, 0.717) is 12.8 Å². The predicted molar refractivity (Wildman–Crippen MR) is 42.2 cm³/mol. The van der Waals surface area contributed by atoms with Gasteiger partial charge in [-0.1, -0.05) is 0 Å². The third-order valence-corrected chi connectivity index (χ3v) is 2.72. The third-order valence-electron chi connectivity index (χ3n) is 2.72. The summed E-state index contributed by atoms with van der Waals surface area (Å²) in [6, 6.07) is 0. The lowest BCUT2D eigenvalue weighted by atomic mass is 9.80. The molecule has 0 spiro atoms. The molecule has 13 heavy (non-hydrogen) atoms. The summed E-state index contributed by atoms with van der Waals surface area (Å²) in [6.07, 6.45) is -3.62. The minimum atomic E-state index is -4.29. The Morgan fingerprint density at radius 1 is 1.31 bits per heavy atom. The van der Waals surface area contributed by atoms with E-state index in [1.54, 1.807) is 0 Å². The first kappa shape index (κ1) is 10.8. The van der Waals surface area contributed by atoms with E-state index in [1.807, 2.05) is 0 Å². The molecular formula is C8H14F3NO. The zero-order valence-corrected chi connectivity index (χ0v) is 7.53. The fourth-order valence-corrected chi connectivity index (χ4v) is 1.63. The second-order valence-electron chi connectivity index (χ2n) is 3.59. The molecule has 2 N–H and O–H groups in total. The molecule has 0 aromatic rings. The highest BCUT2D eigenvalue weighted by atomic mass is 19.4. The lowest BCUT2D eigenvalue weighted by Gasteiger charge is -2.37. The molecule has 0 aromatic carbocycles. The van der Waals surface area contributed by atoms with Crippen LogP contribution in [-0.2, 0) is 4.74 Å². The molecule has 0 unspecified atom stereocenters. The second-order valence-corrected chi connectivity index (χ2v) is 3.59. The van der Waals surface area contributed by atoms with Gasteiger partial charge in [-0.05, 0) is 25.7 Å². The Kier molecular flexibility index (Phi) is 2.87. The van der Waals surface area contributed by atoms with Gasteiger partial charge in [0.15, 0.2) is 0 Å². The molecule has 78 valence electrons. The lowest BCUT2D eigenvalue weighted by Crippen LogP contribution is -2.56. The summed E-state index contributed by atoms with van der Waals surface area (Å²) >= 11 is 0. The number of methoxy groups -OCH3 is 1. The highest BCUT2D eigenvalue weighted by Gasteiger charge is 2.52. The molecule has 0 amide bonds. The molecule has 0 aromatic heterocycles. The van der Waals surface area contributed by atoms with Crippen molar-refractivity contribution < 1.29 is 17.9 Å². The first-order valence-corrected chi connectivity index (χ1v) is 4.27. The van der Waals surface area contributed by atoms with Crippen LogP contribution in [0.15, 0.2) is 0 Å². The highest BCUT2D eigenvalue weighted by molar-refractivity contribution is 4.96. The molecule has 1 fully saturated rings. The van der Waals surface area contributed by atoms with Crippen molar-refractivity contribution in [2.45, 2.75) is 43.5 Å². The van der Waals surface area contributed by atoms with Crippen molar-refractivity contribution in [3.63, 3.8) is 0 Å². The molecule has 0 radical (unpaired) electrons. The maximum Gasteiger partial charge on any atom is 0.406 e. The minimum Gasteiger partial charge on any atom is -0.381 e. The van der Waals surface area contributed by atoms with E-state index in [2.05, 4.69) is 0 Å². The Bertz CT molecular complexity index is 173. The quantitative estimate of drug-likeness (QED) is 0.696. The van der Waals surface area contributed by atoms with Crippen molar-refractivity contribution in [2.75, 3.05) is 7.11 Å². The first-order valence-electron chi connectivity index (χ1n) is 4.27. The molecule has 1 saturated carbocycles. The van der Waals surface area contributed by atoms with E-state index in [0.717, 1.165) is 0 Å². The summed E-state index contributed by atoms with van der Waals surface area (Å²) in [7, 11) is 1.52. The smallest absolute Gasteiger partial charge is 0.381 e. The highest BCUT2D eigenvalue weighted by Crippen LogP contribution is 2.39.